The van der Waals surface area contributed by atoms with Gasteiger partial charge in [-0.2, -0.15) is 0 Å². The third-order valence-corrected chi connectivity index (χ3v) is 3.88. The Morgan fingerprint density at radius 2 is 2.22 bits per heavy atom. The van der Waals surface area contributed by atoms with Crippen molar-refractivity contribution in [3.05, 3.63) is 34.6 Å². The Morgan fingerprint density at radius 3 is 3.00 bits per heavy atom. The van der Waals surface area contributed by atoms with Gasteiger partial charge in [0.25, 0.3) is 0 Å². The average molecular weight is 309 g/mol. The van der Waals surface area contributed by atoms with Crippen LogP contribution in [0.1, 0.15) is 12.1 Å². The second-order valence-electron chi connectivity index (χ2n) is 4.52. The zero-order valence-electron chi connectivity index (χ0n) is 9.67. The summed E-state index contributed by atoms with van der Waals surface area (Å²) >= 11 is 3.44. The highest BCUT2D eigenvalue weighted by atomic mass is 79.9. The molecule has 0 fully saturated rings. The molecule has 1 atom stereocenters. The van der Waals surface area contributed by atoms with Crippen LogP contribution in [0, 0.1) is 0 Å². The molecule has 0 radical (unpaired) electrons. The van der Waals surface area contributed by atoms with Crippen LogP contribution in [-0.2, 0) is 13.0 Å². The molecule has 2 aromatic rings. The quantitative estimate of drug-likeness (QED) is 0.850. The van der Waals surface area contributed by atoms with Crippen LogP contribution in [0.15, 0.2) is 28.9 Å². The molecule has 3 rings (SSSR count). The number of aromatic nitrogens is 2. The monoisotopic (exact) mass is 308 g/mol. The Morgan fingerprint density at radius 1 is 1.39 bits per heavy atom. The summed E-state index contributed by atoms with van der Waals surface area (Å²) in [6, 6.07) is 7.07. The number of imidazole rings is 1. The van der Waals surface area contributed by atoms with Gasteiger partial charge in [-0.15, -0.1) is 0 Å². The fourth-order valence-corrected chi connectivity index (χ4v) is 2.90. The molecule has 1 aliphatic heterocycles. The van der Waals surface area contributed by atoms with Crippen molar-refractivity contribution >= 4 is 15.9 Å². The molecule has 1 aromatic carbocycles. The molecule has 94 valence electrons. The first kappa shape index (κ1) is 11.7. The van der Waals surface area contributed by atoms with E-state index in [1.165, 1.54) is 0 Å². The number of aliphatic hydroxyl groups excluding tert-OH is 1. The number of hydrogen-bond donors (Lipinski definition) is 2. The molecule has 0 bridgehead atoms. The maximum atomic E-state index is 9.70. The van der Waals surface area contributed by atoms with Gasteiger partial charge < -0.3 is 14.8 Å². The Labute approximate surface area is 113 Å². The predicted octanol–water partition coefficient (Wildman–Crippen LogP) is 2.33. The van der Waals surface area contributed by atoms with Crippen LogP contribution >= 0.6 is 15.9 Å². The number of hydrogen-bond acceptors (Lipinski definition) is 3. The van der Waals surface area contributed by atoms with E-state index >= 15 is 0 Å². The van der Waals surface area contributed by atoms with Gasteiger partial charge in [0, 0.05) is 18.5 Å². The third-order valence-electron chi connectivity index (χ3n) is 3.24. The Bertz CT molecular complexity index is 595. The van der Waals surface area contributed by atoms with E-state index in [1.54, 1.807) is 18.2 Å². The number of halogens is 1. The fourth-order valence-electron chi connectivity index (χ4n) is 2.36. The van der Waals surface area contributed by atoms with E-state index in [9.17, 15) is 10.2 Å². The van der Waals surface area contributed by atoms with Gasteiger partial charge in [-0.3, -0.25) is 0 Å². The smallest absolute Gasteiger partial charge is 0.141 e. The first-order chi connectivity index (χ1) is 8.65. The predicted molar refractivity (Wildman–Crippen MR) is 71.4 cm³/mol. The average Bonchev–Trinajstić information content (AvgIpc) is 2.67. The SMILES string of the molecule is Oc1cccc(-c2nc(Br)c3n2CCC(O)C3)c1. The summed E-state index contributed by atoms with van der Waals surface area (Å²) in [6.07, 6.45) is 1.07. The summed E-state index contributed by atoms with van der Waals surface area (Å²) in [5, 5.41) is 19.2. The van der Waals surface area contributed by atoms with E-state index in [-0.39, 0.29) is 11.9 Å². The van der Waals surface area contributed by atoms with Gasteiger partial charge in [0.05, 0.1) is 11.8 Å². The van der Waals surface area contributed by atoms with Crippen molar-refractivity contribution in [3.8, 4) is 17.1 Å². The van der Waals surface area contributed by atoms with Crippen molar-refractivity contribution in [2.45, 2.75) is 25.5 Å². The molecule has 0 saturated carbocycles. The van der Waals surface area contributed by atoms with Crippen molar-refractivity contribution in [1.82, 2.24) is 9.55 Å². The van der Waals surface area contributed by atoms with Crippen LogP contribution in [0.5, 0.6) is 5.75 Å². The van der Waals surface area contributed by atoms with Gasteiger partial charge in [0.1, 0.15) is 16.2 Å². The molecule has 0 aliphatic carbocycles. The molecule has 1 aromatic heterocycles. The van der Waals surface area contributed by atoms with Gasteiger partial charge in [-0.05, 0) is 34.5 Å². The van der Waals surface area contributed by atoms with Crippen LogP contribution in [0.3, 0.4) is 0 Å². The molecular weight excluding hydrogens is 296 g/mol. The zero-order chi connectivity index (χ0) is 12.7. The molecule has 4 nitrogen and oxygen atoms in total. The van der Waals surface area contributed by atoms with Crippen molar-refractivity contribution in [1.29, 1.82) is 0 Å². The minimum absolute atomic E-state index is 0.233. The molecule has 0 spiro atoms. The minimum atomic E-state index is -0.289. The van der Waals surface area contributed by atoms with Crippen LogP contribution in [0.4, 0.5) is 0 Å². The maximum absolute atomic E-state index is 9.70. The second kappa shape index (κ2) is 4.40. The maximum Gasteiger partial charge on any atom is 0.141 e. The Hall–Kier alpha value is -1.33. The van der Waals surface area contributed by atoms with Gasteiger partial charge in [-0.25, -0.2) is 4.98 Å². The number of phenolic OH excluding ortho intramolecular Hbond substituents is 1. The lowest BCUT2D eigenvalue weighted by Crippen LogP contribution is -2.23. The van der Waals surface area contributed by atoms with Crippen LogP contribution in [-0.4, -0.2) is 25.9 Å². The van der Waals surface area contributed by atoms with Gasteiger partial charge in [-0.1, -0.05) is 12.1 Å². The molecule has 1 unspecified atom stereocenters. The summed E-state index contributed by atoms with van der Waals surface area (Å²) in [5.41, 5.74) is 1.91. The number of aromatic hydroxyl groups is 1. The second-order valence-corrected chi connectivity index (χ2v) is 5.27. The molecule has 1 aliphatic rings. The Balaban J connectivity index is 2.11. The van der Waals surface area contributed by atoms with Crippen molar-refractivity contribution in [3.63, 3.8) is 0 Å². The van der Waals surface area contributed by atoms with Crippen LogP contribution in [0.2, 0.25) is 0 Å². The normalized spacial score (nSPS) is 18.7. The molecule has 5 heteroatoms. The standard InChI is InChI=1S/C13H13BrN2O2/c14-12-11-7-10(18)4-5-16(11)13(15-12)8-2-1-3-9(17)6-8/h1-3,6,10,17-18H,4-5,7H2. The lowest BCUT2D eigenvalue weighted by molar-refractivity contribution is 0.143. The van der Waals surface area contributed by atoms with Gasteiger partial charge in [0.2, 0.25) is 0 Å². The number of benzene rings is 1. The zero-order valence-corrected chi connectivity index (χ0v) is 11.3. The first-order valence-electron chi connectivity index (χ1n) is 5.87. The van der Waals surface area contributed by atoms with Crippen LogP contribution < -0.4 is 0 Å². The molecule has 2 heterocycles. The van der Waals surface area contributed by atoms with Crippen molar-refractivity contribution in [2.24, 2.45) is 0 Å². The third kappa shape index (κ3) is 1.93. The number of rotatable bonds is 1. The van der Waals surface area contributed by atoms with E-state index in [0.717, 1.165) is 34.7 Å². The molecule has 2 N–H and O–H groups in total. The summed E-state index contributed by atoms with van der Waals surface area (Å²) < 4.78 is 2.88. The number of aliphatic hydroxyl groups is 1. The van der Waals surface area contributed by atoms with Gasteiger partial charge in [0.15, 0.2) is 0 Å². The first-order valence-corrected chi connectivity index (χ1v) is 6.67. The molecule has 18 heavy (non-hydrogen) atoms. The van der Waals surface area contributed by atoms with Crippen molar-refractivity contribution < 1.29 is 10.2 Å². The number of nitrogens with zero attached hydrogens (tertiary/aromatic N) is 2. The highest BCUT2D eigenvalue weighted by molar-refractivity contribution is 9.10. The largest absolute Gasteiger partial charge is 0.508 e. The number of fused-ring (bicyclic) bond motifs is 1. The molecular formula is C13H13BrN2O2. The van der Waals surface area contributed by atoms with E-state index in [0.29, 0.717) is 6.42 Å². The summed E-state index contributed by atoms with van der Waals surface area (Å²) in [5.74, 6) is 1.07. The topological polar surface area (TPSA) is 58.3 Å². The minimum Gasteiger partial charge on any atom is -0.508 e. The summed E-state index contributed by atoms with van der Waals surface area (Å²) in [7, 11) is 0. The highest BCUT2D eigenvalue weighted by Crippen LogP contribution is 2.31. The van der Waals surface area contributed by atoms with Crippen molar-refractivity contribution in [2.75, 3.05) is 0 Å². The number of phenols is 1. The van der Waals surface area contributed by atoms with E-state index in [4.69, 9.17) is 0 Å². The van der Waals surface area contributed by atoms with E-state index in [1.807, 2.05) is 6.07 Å². The highest BCUT2D eigenvalue weighted by Gasteiger charge is 2.23. The van der Waals surface area contributed by atoms with Crippen LogP contribution in [0.25, 0.3) is 11.4 Å². The molecule has 0 saturated heterocycles. The Kier molecular flexibility index (Phi) is 2.87. The van der Waals surface area contributed by atoms with Gasteiger partial charge >= 0.3 is 0 Å². The fraction of sp³-hybridized carbons (Fsp3) is 0.308. The lowest BCUT2D eigenvalue weighted by Gasteiger charge is -2.21. The molecule has 0 amide bonds. The van der Waals surface area contributed by atoms with E-state index in [2.05, 4.69) is 25.5 Å². The summed E-state index contributed by atoms with van der Waals surface area (Å²) in [4.78, 5) is 4.50. The lowest BCUT2D eigenvalue weighted by atomic mass is 10.1. The summed E-state index contributed by atoms with van der Waals surface area (Å²) in [6.45, 7) is 0.750. The van der Waals surface area contributed by atoms with E-state index < -0.39 is 0 Å².